The van der Waals surface area contributed by atoms with Crippen molar-refractivity contribution in [3.63, 3.8) is 0 Å². The summed E-state index contributed by atoms with van der Waals surface area (Å²) in [4.78, 5) is 10.1. The lowest BCUT2D eigenvalue weighted by molar-refractivity contribution is 0.110. The molecule has 2 N–H and O–H groups in total. The van der Waals surface area contributed by atoms with Gasteiger partial charge in [-0.05, 0) is 99.5 Å². The molecule has 5 aliphatic heterocycles. The molecule has 2 aromatic carbocycles. The molecule has 2 unspecified atom stereocenters. The van der Waals surface area contributed by atoms with Crippen LogP contribution in [0.1, 0.15) is 85.2 Å². The van der Waals surface area contributed by atoms with E-state index >= 15 is 0 Å². The van der Waals surface area contributed by atoms with Crippen LogP contribution in [0.4, 0.5) is 5.69 Å². The van der Waals surface area contributed by atoms with Gasteiger partial charge >= 0.3 is 0 Å². The lowest BCUT2D eigenvalue weighted by atomic mass is 9.83. The summed E-state index contributed by atoms with van der Waals surface area (Å²) in [6.07, 6.45) is 16.1. The number of anilines is 1. The number of rotatable bonds is 5. The van der Waals surface area contributed by atoms with Gasteiger partial charge in [0, 0.05) is 53.8 Å². The average molecular weight is 574 g/mol. The first-order valence-electron chi connectivity index (χ1n) is 16.1. The highest BCUT2D eigenvalue weighted by Crippen LogP contribution is 2.44. The molecule has 5 aliphatic rings. The van der Waals surface area contributed by atoms with Crippen LogP contribution in [0, 0.1) is 23.7 Å². The van der Waals surface area contributed by atoms with Crippen molar-refractivity contribution in [1.82, 2.24) is 15.2 Å². The molecule has 2 atom stereocenters. The minimum atomic E-state index is 0.0798. The second kappa shape index (κ2) is 10.4. The van der Waals surface area contributed by atoms with Gasteiger partial charge in [-0.25, -0.2) is 4.98 Å². The van der Waals surface area contributed by atoms with Crippen LogP contribution in [0.15, 0.2) is 30.3 Å². The van der Waals surface area contributed by atoms with Crippen LogP contribution in [0.25, 0.3) is 10.8 Å². The Balaban J connectivity index is 1.22. The summed E-state index contributed by atoms with van der Waals surface area (Å²) in [6, 6.07) is 13.1. The lowest BCUT2D eigenvalue weighted by Crippen LogP contribution is -2.43. The Morgan fingerprint density at radius 1 is 1.09 bits per heavy atom. The Bertz CT molecular complexity index is 1660. The molecule has 7 nitrogen and oxygen atoms in total. The Hall–Kier alpha value is -3.78. The third kappa shape index (κ3) is 4.44. The molecular formula is C36H39N5O2. The Morgan fingerprint density at radius 3 is 2.63 bits per heavy atom. The fourth-order valence-corrected chi connectivity index (χ4v) is 9.10. The van der Waals surface area contributed by atoms with Crippen molar-refractivity contribution in [3.8, 4) is 30.0 Å². The number of piperidine rings is 1. The van der Waals surface area contributed by atoms with Gasteiger partial charge in [0.15, 0.2) is 0 Å². The number of nitrogens with one attached hydrogen (secondary N) is 1. The highest BCUT2D eigenvalue weighted by molar-refractivity contribution is 6.00. The lowest BCUT2D eigenvalue weighted by Gasteiger charge is -2.37. The van der Waals surface area contributed by atoms with E-state index in [0.29, 0.717) is 42.6 Å². The molecule has 4 saturated heterocycles. The second-order valence-corrected chi connectivity index (χ2v) is 13.4. The molecule has 1 aromatic heterocycles. The predicted octanol–water partition coefficient (Wildman–Crippen LogP) is 5.36. The normalized spacial score (nSPS) is 25.7. The summed E-state index contributed by atoms with van der Waals surface area (Å²) in [5.74, 6) is 3.95. The van der Waals surface area contributed by atoms with Crippen molar-refractivity contribution in [3.05, 3.63) is 58.3 Å². The minimum absolute atomic E-state index is 0.0798. The number of aromatic hydroxyl groups is 1. The number of aromatic nitrogens is 1. The molecule has 7 heteroatoms. The van der Waals surface area contributed by atoms with E-state index in [1.165, 1.54) is 31.2 Å². The van der Waals surface area contributed by atoms with Crippen molar-refractivity contribution in [1.29, 1.82) is 5.26 Å². The molecule has 0 amide bonds. The first-order valence-corrected chi connectivity index (χ1v) is 16.1. The zero-order chi connectivity index (χ0) is 29.1. The largest absolute Gasteiger partial charge is 0.508 e. The van der Waals surface area contributed by atoms with E-state index in [1.807, 2.05) is 24.3 Å². The Morgan fingerprint density at radius 2 is 1.88 bits per heavy atom. The van der Waals surface area contributed by atoms with Crippen molar-refractivity contribution in [2.24, 2.45) is 0 Å². The van der Waals surface area contributed by atoms with Crippen LogP contribution in [0.3, 0.4) is 0 Å². The first-order chi connectivity index (χ1) is 21.0. The summed E-state index contributed by atoms with van der Waals surface area (Å²) in [5, 5.41) is 27.0. The van der Waals surface area contributed by atoms with Crippen molar-refractivity contribution in [2.75, 3.05) is 31.1 Å². The molecule has 8 rings (SSSR count). The highest BCUT2D eigenvalue weighted by atomic mass is 16.5. The maximum Gasteiger partial charge on any atom is 0.232 e. The summed E-state index contributed by atoms with van der Waals surface area (Å²) in [6.45, 7) is 4.19. The zero-order valence-electron chi connectivity index (χ0n) is 24.7. The molecule has 220 valence electrons. The number of ether oxygens (including phenoxy) is 1. The number of fused-ring (bicyclic) bond motifs is 5. The standard InChI is InChI=1S/C36H39N5O2/c1-2-23-6-3-7-24-18-28(42)19-32(33(23)24)40-15-10-29-31(21-40)30(20-37)35(43-22-36-11-4-13-41(36)14-5-12-36)39-34(29)25-16-26-8-9-27(17-25)38-26/h1,3,6-7,18-19,25-27,38,42H,4-5,8-17,21-22H2. The quantitative estimate of drug-likeness (QED) is 0.398. The number of nitrogens with zero attached hydrogens (tertiary/aromatic N) is 4. The summed E-state index contributed by atoms with van der Waals surface area (Å²) in [7, 11) is 0. The highest BCUT2D eigenvalue weighted by Gasteiger charge is 2.45. The monoisotopic (exact) mass is 573 g/mol. The van der Waals surface area contributed by atoms with E-state index in [4.69, 9.17) is 16.1 Å². The number of nitriles is 1. The maximum absolute atomic E-state index is 10.7. The van der Waals surface area contributed by atoms with Crippen LogP contribution in [0.2, 0.25) is 0 Å². The SMILES string of the molecule is C#Cc1cccc2cc(O)cc(N3CCc4c(C5CC6CCC(C5)N6)nc(OCC56CCCN5CCC6)c(C#N)c4C3)c12. The van der Waals surface area contributed by atoms with Crippen molar-refractivity contribution < 1.29 is 9.84 Å². The molecule has 43 heavy (non-hydrogen) atoms. The molecule has 3 aromatic rings. The first kappa shape index (κ1) is 26.8. The van der Waals surface area contributed by atoms with Crippen LogP contribution in [-0.4, -0.2) is 58.9 Å². The summed E-state index contributed by atoms with van der Waals surface area (Å²) < 4.78 is 6.67. The summed E-state index contributed by atoms with van der Waals surface area (Å²) >= 11 is 0. The van der Waals surface area contributed by atoms with Gasteiger partial charge in [-0.1, -0.05) is 18.1 Å². The van der Waals surface area contributed by atoms with E-state index in [2.05, 4.69) is 27.1 Å². The number of terminal acetylenes is 1. The average Bonchev–Trinajstić information content (AvgIpc) is 3.71. The summed E-state index contributed by atoms with van der Waals surface area (Å²) in [5.41, 5.74) is 5.78. The van der Waals surface area contributed by atoms with E-state index in [-0.39, 0.29) is 11.3 Å². The van der Waals surface area contributed by atoms with Crippen LogP contribution in [0.5, 0.6) is 11.6 Å². The second-order valence-electron chi connectivity index (χ2n) is 13.4. The Kier molecular flexibility index (Phi) is 6.51. The fourth-order valence-electron chi connectivity index (χ4n) is 9.10. The number of pyridine rings is 1. The third-order valence-electron chi connectivity index (χ3n) is 11.1. The third-order valence-corrected chi connectivity index (χ3v) is 11.1. The van der Waals surface area contributed by atoms with E-state index < -0.39 is 0 Å². The van der Waals surface area contributed by atoms with Crippen molar-refractivity contribution >= 4 is 16.5 Å². The van der Waals surface area contributed by atoms with Crippen molar-refractivity contribution in [2.45, 2.75) is 87.9 Å². The van der Waals surface area contributed by atoms with Crippen LogP contribution in [-0.2, 0) is 13.0 Å². The number of phenolic OH excluding ortho intramolecular Hbond substituents is 1. The number of benzene rings is 2. The fraction of sp³-hybridized carbons (Fsp3) is 0.500. The number of hydrogen-bond donors (Lipinski definition) is 2. The van der Waals surface area contributed by atoms with E-state index in [0.717, 1.165) is 85.0 Å². The minimum Gasteiger partial charge on any atom is -0.508 e. The van der Waals surface area contributed by atoms with Gasteiger partial charge < -0.3 is 20.1 Å². The van der Waals surface area contributed by atoms with Gasteiger partial charge in [0.2, 0.25) is 5.88 Å². The smallest absolute Gasteiger partial charge is 0.232 e. The van der Waals surface area contributed by atoms with E-state index in [9.17, 15) is 10.4 Å². The Labute approximate surface area is 253 Å². The predicted molar refractivity (Wildman–Crippen MR) is 167 cm³/mol. The molecule has 0 spiro atoms. The van der Waals surface area contributed by atoms with Gasteiger partial charge in [0.25, 0.3) is 0 Å². The van der Waals surface area contributed by atoms with Gasteiger partial charge in [0.05, 0.1) is 11.2 Å². The van der Waals surface area contributed by atoms with Crippen LogP contribution < -0.4 is 15.0 Å². The van der Waals surface area contributed by atoms with Crippen LogP contribution >= 0.6 is 0 Å². The zero-order valence-corrected chi connectivity index (χ0v) is 24.7. The molecule has 2 bridgehead atoms. The topological polar surface area (TPSA) is 84.7 Å². The molecule has 4 fully saturated rings. The van der Waals surface area contributed by atoms with Gasteiger partial charge in [-0.2, -0.15) is 5.26 Å². The molecule has 6 heterocycles. The molecule has 0 aliphatic carbocycles. The molecule has 0 radical (unpaired) electrons. The van der Waals surface area contributed by atoms with Gasteiger partial charge in [-0.3, -0.25) is 4.90 Å². The maximum atomic E-state index is 10.7. The number of hydrogen-bond acceptors (Lipinski definition) is 7. The molecular weight excluding hydrogens is 534 g/mol. The van der Waals surface area contributed by atoms with Gasteiger partial charge in [0.1, 0.15) is 24.0 Å². The molecule has 0 saturated carbocycles. The number of phenols is 1. The van der Waals surface area contributed by atoms with E-state index in [1.54, 1.807) is 6.07 Å². The van der Waals surface area contributed by atoms with Gasteiger partial charge in [-0.15, -0.1) is 6.42 Å².